The Morgan fingerprint density at radius 1 is 1.22 bits per heavy atom. The molecule has 0 aliphatic carbocycles. The van der Waals surface area contributed by atoms with E-state index in [1.165, 1.54) is 18.2 Å². The summed E-state index contributed by atoms with van der Waals surface area (Å²) in [6, 6.07) is 9.76. The standard InChI is InChI=1S/C20H22FN3O3/c1-20(2,3)27-19(25)22-11-14-9-15(21)5-8-18(14)26-16-6-7-17-13(10-16)12-23-24(17)4/h5-10,12H,11H2,1-4H3,(H,22,25). The van der Waals surface area contributed by atoms with E-state index in [0.717, 1.165) is 10.9 Å². The fourth-order valence-corrected chi connectivity index (χ4v) is 2.60. The Bertz CT molecular complexity index is 976. The fraction of sp³-hybridized carbons (Fsp3) is 0.300. The lowest BCUT2D eigenvalue weighted by Crippen LogP contribution is -2.32. The van der Waals surface area contributed by atoms with Crippen LogP contribution in [0.15, 0.2) is 42.6 Å². The van der Waals surface area contributed by atoms with Gasteiger partial charge in [0.25, 0.3) is 0 Å². The molecule has 0 aliphatic heterocycles. The van der Waals surface area contributed by atoms with Gasteiger partial charge in [-0.2, -0.15) is 5.10 Å². The molecule has 0 aliphatic rings. The van der Waals surface area contributed by atoms with E-state index >= 15 is 0 Å². The summed E-state index contributed by atoms with van der Waals surface area (Å²) in [5.41, 5.74) is 0.880. The van der Waals surface area contributed by atoms with Gasteiger partial charge in [0.05, 0.1) is 11.7 Å². The van der Waals surface area contributed by atoms with E-state index in [-0.39, 0.29) is 6.54 Å². The molecule has 7 heteroatoms. The highest BCUT2D eigenvalue weighted by Gasteiger charge is 2.17. The Kier molecular flexibility index (Phi) is 5.03. The molecule has 142 valence electrons. The van der Waals surface area contributed by atoms with Crippen molar-refractivity contribution >= 4 is 17.0 Å². The molecule has 0 saturated carbocycles. The first-order valence-corrected chi connectivity index (χ1v) is 8.56. The van der Waals surface area contributed by atoms with Gasteiger partial charge in [-0.25, -0.2) is 9.18 Å². The van der Waals surface area contributed by atoms with Gasteiger partial charge in [-0.05, 0) is 57.2 Å². The number of nitrogens with one attached hydrogen (secondary N) is 1. The predicted molar refractivity (Wildman–Crippen MR) is 100 cm³/mol. The second-order valence-corrected chi connectivity index (χ2v) is 7.20. The van der Waals surface area contributed by atoms with Crippen molar-refractivity contribution in [1.82, 2.24) is 15.1 Å². The Hall–Kier alpha value is -3.09. The normalized spacial score (nSPS) is 11.4. The number of nitrogens with zero attached hydrogens (tertiary/aromatic N) is 2. The molecule has 0 radical (unpaired) electrons. The molecular weight excluding hydrogens is 349 g/mol. The van der Waals surface area contributed by atoms with Crippen LogP contribution in [-0.2, 0) is 18.3 Å². The fourth-order valence-electron chi connectivity index (χ4n) is 2.60. The topological polar surface area (TPSA) is 65.4 Å². The maximum Gasteiger partial charge on any atom is 0.407 e. The van der Waals surface area contributed by atoms with E-state index in [2.05, 4.69) is 10.4 Å². The third-order valence-corrected chi connectivity index (χ3v) is 3.79. The van der Waals surface area contributed by atoms with E-state index in [0.29, 0.717) is 17.1 Å². The van der Waals surface area contributed by atoms with Crippen LogP contribution in [0.3, 0.4) is 0 Å². The Balaban J connectivity index is 1.77. The van der Waals surface area contributed by atoms with Crippen LogP contribution in [0.1, 0.15) is 26.3 Å². The van der Waals surface area contributed by atoms with Crippen molar-refractivity contribution in [3.8, 4) is 11.5 Å². The molecule has 3 aromatic rings. The van der Waals surface area contributed by atoms with Crippen LogP contribution in [0, 0.1) is 5.82 Å². The van der Waals surface area contributed by atoms with Crippen LogP contribution in [0.4, 0.5) is 9.18 Å². The van der Waals surface area contributed by atoms with E-state index in [1.807, 2.05) is 25.2 Å². The Morgan fingerprint density at radius 2 is 2.00 bits per heavy atom. The number of fused-ring (bicyclic) bond motifs is 1. The number of carbonyl (C=O) groups is 1. The first kappa shape index (κ1) is 18.7. The summed E-state index contributed by atoms with van der Waals surface area (Å²) in [6.07, 6.45) is 1.17. The molecule has 3 rings (SSSR count). The van der Waals surface area contributed by atoms with Gasteiger partial charge in [0.15, 0.2) is 0 Å². The summed E-state index contributed by atoms with van der Waals surface area (Å²) in [5.74, 6) is 0.641. The number of amides is 1. The van der Waals surface area contributed by atoms with E-state index in [1.54, 1.807) is 31.6 Å². The maximum atomic E-state index is 13.7. The van der Waals surface area contributed by atoms with Gasteiger partial charge in [-0.1, -0.05) is 0 Å². The minimum absolute atomic E-state index is 0.0805. The highest BCUT2D eigenvalue weighted by Crippen LogP contribution is 2.28. The molecule has 0 bridgehead atoms. The van der Waals surface area contributed by atoms with E-state index < -0.39 is 17.5 Å². The van der Waals surface area contributed by atoms with Gasteiger partial charge in [-0.15, -0.1) is 0 Å². The number of hydrogen-bond acceptors (Lipinski definition) is 4. The smallest absolute Gasteiger partial charge is 0.407 e. The van der Waals surface area contributed by atoms with Crippen molar-refractivity contribution in [2.75, 3.05) is 0 Å². The molecule has 1 aromatic heterocycles. The molecule has 2 aromatic carbocycles. The van der Waals surface area contributed by atoms with E-state index in [4.69, 9.17) is 9.47 Å². The first-order valence-electron chi connectivity index (χ1n) is 8.56. The summed E-state index contributed by atoms with van der Waals surface area (Å²) in [7, 11) is 1.86. The van der Waals surface area contributed by atoms with E-state index in [9.17, 15) is 9.18 Å². The molecule has 0 atom stereocenters. The molecule has 0 saturated heterocycles. The summed E-state index contributed by atoms with van der Waals surface area (Å²) in [4.78, 5) is 11.9. The number of aryl methyl sites for hydroxylation is 1. The Labute approximate surface area is 156 Å². The number of rotatable bonds is 4. The third kappa shape index (κ3) is 4.75. The van der Waals surface area contributed by atoms with Gasteiger partial charge in [0, 0.05) is 24.5 Å². The van der Waals surface area contributed by atoms with Gasteiger partial charge >= 0.3 is 6.09 Å². The zero-order chi connectivity index (χ0) is 19.6. The van der Waals surface area contributed by atoms with Crippen molar-refractivity contribution in [2.45, 2.75) is 32.9 Å². The monoisotopic (exact) mass is 371 g/mol. The van der Waals surface area contributed by atoms with Gasteiger partial charge in [0.1, 0.15) is 22.9 Å². The zero-order valence-electron chi connectivity index (χ0n) is 15.7. The number of ether oxygens (including phenoxy) is 2. The second kappa shape index (κ2) is 7.26. The van der Waals surface area contributed by atoms with Gasteiger partial charge in [-0.3, -0.25) is 4.68 Å². The summed E-state index contributed by atoms with van der Waals surface area (Å²) in [5, 5.41) is 7.76. The molecule has 0 spiro atoms. The lowest BCUT2D eigenvalue weighted by Gasteiger charge is -2.20. The molecule has 0 fully saturated rings. The molecule has 1 N–H and O–H groups in total. The van der Waals surface area contributed by atoms with Crippen molar-refractivity contribution < 1.29 is 18.7 Å². The Morgan fingerprint density at radius 3 is 2.74 bits per heavy atom. The number of hydrogen-bond donors (Lipinski definition) is 1. The molecule has 1 heterocycles. The molecule has 6 nitrogen and oxygen atoms in total. The molecule has 1 amide bonds. The summed E-state index contributed by atoms with van der Waals surface area (Å²) in [6.45, 7) is 5.41. The maximum absolute atomic E-state index is 13.7. The summed E-state index contributed by atoms with van der Waals surface area (Å²) < 4.78 is 26.6. The minimum atomic E-state index is -0.607. The van der Waals surface area contributed by atoms with Crippen LogP contribution < -0.4 is 10.1 Å². The van der Waals surface area contributed by atoms with Gasteiger partial charge in [0.2, 0.25) is 0 Å². The lowest BCUT2D eigenvalue weighted by atomic mass is 10.2. The zero-order valence-corrected chi connectivity index (χ0v) is 15.7. The number of aromatic nitrogens is 2. The van der Waals surface area contributed by atoms with Crippen LogP contribution in [0.2, 0.25) is 0 Å². The molecule has 0 unspecified atom stereocenters. The number of benzene rings is 2. The third-order valence-electron chi connectivity index (χ3n) is 3.79. The van der Waals surface area contributed by atoms with Crippen molar-refractivity contribution in [3.63, 3.8) is 0 Å². The predicted octanol–water partition coefficient (Wildman–Crippen LogP) is 4.53. The van der Waals surface area contributed by atoms with Crippen LogP contribution >= 0.6 is 0 Å². The highest BCUT2D eigenvalue weighted by molar-refractivity contribution is 5.80. The summed E-state index contributed by atoms with van der Waals surface area (Å²) >= 11 is 0. The SMILES string of the molecule is Cn1ncc2cc(Oc3ccc(F)cc3CNC(=O)OC(C)(C)C)ccc21. The number of carbonyl (C=O) groups excluding carboxylic acids is 1. The number of halogens is 1. The first-order chi connectivity index (χ1) is 12.7. The number of alkyl carbamates (subject to hydrolysis) is 1. The average Bonchev–Trinajstić information content (AvgIpc) is 2.94. The molecular formula is C20H22FN3O3. The highest BCUT2D eigenvalue weighted by atomic mass is 19.1. The quantitative estimate of drug-likeness (QED) is 0.732. The van der Waals surface area contributed by atoms with Crippen molar-refractivity contribution in [1.29, 1.82) is 0 Å². The van der Waals surface area contributed by atoms with Crippen LogP contribution in [-0.4, -0.2) is 21.5 Å². The van der Waals surface area contributed by atoms with Gasteiger partial charge < -0.3 is 14.8 Å². The second-order valence-electron chi connectivity index (χ2n) is 7.20. The minimum Gasteiger partial charge on any atom is -0.457 e. The van der Waals surface area contributed by atoms with Crippen molar-refractivity contribution in [3.05, 3.63) is 54.0 Å². The van der Waals surface area contributed by atoms with Crippen molar-refractivity contribution in [2.24, 2.45) is 7.05 Å². The van der Waals surface area contributed by atoms with Crippen LogP contribution in [0.5, 0.6) is 11.5 Å². The lowest BCUT2D eigenvalue weighted by molar-refractivity contribution is 0.0523. The van der Waals surface area contributed by atoms with Crippen LogP contribution in [0.25, 0.3) is 10.9 Å². The average molecular weight is 371 g/mol. The largest absolute Gasteiger partial charge is 0.457 e. The molecule has 27 heavy (non-hydrogen) atoms.